The number of rotatable bonds is 17. The second kappa shape index (κ2) is 19.2. The molecule has 3 N–H and O–H groups in total. The molecule has 0 aliphatic carbocycles. The van der Waals surface area contributed by atoms with Gasteiger partial charge in [0.1, 0.15) is 5.56 Å². The van der Waals surface area contributed by atoms with Crippen molar-refractivity contribution in [3.05, 3.63) is 88.4 Å². The van der Waals surface area contributed by atoms with E-state index in [2.05, 4.69) is 30.8 Å². The average Bonchev–Trinajstić information content (AvgIpc) is 3.15. The molecule has 2 heterocycles. The molecule has 0 radical (unpaired) electrons. The van der Waals surface area contributed by atoms with Crippen LogP contribution in [0.25, 0.3) is 0 Å². The topological polar surface area (TPSA) is 127 Å². The summed E-state index contributed by atoms with van der Waals surface area (Å²) < 4.78 is 32.8. The number of aryl methyl sites for hydroxylation is 4. The van der Waals surface area contributed by atoms with Gasteiger partial charge in [-0.25, -0.2) is 9.37 Å². The first-order chi connectivity index (χ1) is 26.0. The third-order valence-electron chi connectivity index (χ3n) is 9.52. The van der Waals surface area contributed by atoms with Gasteiger partial charge in [0.15, 0.2) is 23.1 Å². The Kier molecular flexibility index (Phi) is 14.2. The van der Waals surface area contributed by atoms with Gasteiger partial charge in [-0.05, 0) is 114 Å². The molecule has 11 nitrogen and oxygen atoms in total. The number of methoxy groups -OCH3 is 1. The molecule has 1 fully saturated rings. The van der Waals surface area contributed by atoms with E-state index in [1.54, 1.807) is 24.3 Å². The molecule has 0 unspecified atom stereocenters. The van der Waals surface area contributed by atoms with Crippen molar-refractivity contribution in [2.75, 3.05) is 44.0 Å². The Morgan fingerprint density at radius 3 is 2.41 bits per heavy atom. The second-order valence-electron chi connectivity index (χ2n) is 14.0. The monoisotopic (exact) mass is 740 g/mol. The van der Waals surface area contributed by atoms with Crippen molar-refractivity contribution in [2.45, 2.75) is 85.6 Å². The molecule has 1 aliphatic heterocycles. The molecule has 1 atom stereocenters. The van der Waals surface area contributed by atoms with Crippen LogP contribution in [-0.4, -0.2) is 66.1 Å². The van der Waals surface area contributed by atoms with E-state index < -0.39 is 11.7 Å². The second-order valence-corrected chi connectivity index (χ2v) is 14.0. The van der Waals surface area contributed by atoms with E-state index in [1.807, 2.05) is 52.8 Å². The highest BCUT2D eigenvalue weighted by atomic mass is 19.1. The number of hydrogen-bond donors (Lipinski definition) is 3. The number of anilines is 3. The molecule has 4 aromatic rings. The van der Waals surface area contributed by atoms with Crippen molar-refractivity contribution in [1.82, 2.24) is 20.2 Å². The summed E-state index contributed by atoms with van der Waals surface area (Å²) >= 11 is 0. The normalized spacial score (nSPS) is 13.5. The minimum absolute atomic E-state index is 0.0235. The van der Waals surface area contributed by atoms with Gasteiger partial charge in [0.2, 0.25) is 17.7 Å². The number of benzene rings is 3. The van der Waals surface area contributed by atoms with Gasteiger partial charge in [-0.1, -0.05) is 37.1 Å². The van der Waals surface area contributed by atoms with Crippen LogP contribution in [0.4, 0.5) is 21.7 Å². The summed E-state index contributed by atoms with van der Waals surface area (Å²) in [5.41, 5.74) is 4.93. The fraction of sp³-hybridized carbons (Fsp3) is 0.429. The number of aromatic nitrogens is 2. The summed E-state index contributed by atoms with van der Waals surface area (Å²) in [5.74, 6) is -0.0945. The largest absolute Gasteiger partial charge is 0.493 e. The highest BCUT2D eigenvalue weighted by Crippen LogP contribution is 2.35. The number of hydrogen-bond acceptors (Lipinski definition) is 9. The van der Waals surface area contributed by atoms with Crippen LogP contribution in [0.5, 0.6) is 23.1 Å². The van der Waals surface area contributed by atoms with E-state index in [-0.39, 0.29) is 35.1 Å². The number of likely N-dealkylation sites (tertiary alicyclic amines) is 1. The molecule has 288 valence electrons. The summed E-state index contributed by atoms with van der Waals surface area (Å²) in [7, 11) is 1.52. The molecule has 1 aliphatic rings. The lowest BCUT2D eigenvalue weighted by molar-refractivity contribution is -0.121. The van der Waals surface area contributed by atoms with Crippen molar-refractivity contribution in [2.24, 2.45) is 0 Å². The van der Waals surface area contributed by atoms with Crippen LogP contribution in [0.15, 0.2) is 54.7 Å². The number of nitrogens with one attached hydrogen (secondary N) is 3. The number of carbonyl (C=O) groups is 2. The van der Waals surface area contributed by atoms with Gasteiger partial charge in [-0.2, -0.15) is 4.98 Å². The number of carbonyl (C=O) groups excluding carboxylic acids is 2. The van der Waals surface area contributed by atoms with Crippen LogP contribution in [0, 0.1) is 26.6 Å². The summed E-state index contributed by atoms with van der Waals surface area (Å²) in [6, 6.07) is 14.0. The summed E-state index contributed by atoms with van der Waals surface area (Å²) in [6.07, 6.45) is 7.61. The Labute approximate surface area is 318 Å². The first kappa shape index (κ1) is 40.0. The molecule has 3 aromatic carbocycles. The molecular weight excluding hydrogens is 687 g/mol. The number of ether oxygens (including phenoxy) is 3. The Hall–Kier alpha value is -5.23. The predicted octanol–water partition coefficient (Wildman–Crippen LogP) is 8.44. The number of amides is 2. The van der Waals surface area contributed by atoms with Gasteiger partial charge >= 0.3 is 0 Å². The maximum atomic E-state index is 15.1. The fourth-order valence-electron chi connectivity index (χ4n) is 6.46. The fourth-order valence-corrected chi connectivity index (χ4v) is 6.46. The lowest BCUT2D eigenvalue weighted by Crippen LogP contribution is -2.31. The Balaban J connectivity index is 1.34. The van der Waals surface area contributed by atoms with Gasteiger partial charge in [-0.3, -0.25) is 9.59 Å². The van der Waals surface area contributed by atoms with Crippen LogP contribution < -0.4 is 30.2 Å². The van der Waals surface area contributed by atoms with E-state index in [9.17, 15) is 9.59 Å². The van der Waals surface area contributed by atoms with Crippen molar-refractivity contribution in [3.8, 4) is 23.1 Å². The number of piperidine rings is 1. The molecule has 2 amide bonds. The zero-order valence-corrected chi connectivity index (χ0v) is 32.3. The zero-order chi connectivity index (χ0) is 38.6. The van der Waals surface area contributed by atoms with E-state index >= 15 is 4.39 Å². The van der Waals surface area contributed by atoms with Crippen molar-refractivity contribution in [1.29, 1.82) is 0 Å². The summed E-state index contributed by atoms with van der Waals surface area (Å²) in [6.45, 7) is 13.5. The molecule has 0 spiro atoms. The molecule has 0 saturated carbocycles. The minimum atomic E-state index is -0.517. The van der Waals surface area contributed by atoms with Crippen molar-refractivity contribution < 1.29 is 28.2 Å². The Bertz CT molecular complexity index is 1890. The van der Waals surface area contributed by atoms with Crippen LogP contribution in [-0.2, 0) is 11.2 Å². The quantitative estimate of drug-likeness (QED) is 0.0915. The van der Waals surface area contributed by atoms with Crippen LogP contribution >= 0.6 is 0 Å². The van der Waals surface area contributed by atoms with Crippen LogP contribution in [0.2, 0.25) is 0 Å². The maximum Gasteiger partial charge on any atom is 0.262 e. The molecule has 0 bridgehead atoms. The molecular formula is C42H53FN6O5. The summed E-state index contributed by atoms with van der Waals surface area (Å²) in [5, 5.41) is 9.01. The summed E-state index contributed by atoms with van der Waals surface area (Å²) in [4.78, 5) is 37.6. The lowest BCUT2D eigenvalue weighted by Gasteiger charge is -2.26. The molecule has 5 rings (SSSR count). The first-order valence-corrected chi connectivity index (χ1v) is 18.8. The molecule has 1 aromatic heterocycles. The number of nitrogens with zero attached hydrogens (tertiary/aromatic N) is 3. The van der Waals surface area contributed by atoms with Gasteiger partial charge in [0.05, 0.1) is 13.7 Å². The first-order valence-electron chi connectivity index (χ1n) is 18.8. The van der Waals surface area contributed by atoms with E-state index in [4.69, 9.17) is 14.2 Å². The lowest BCUT2D eigenvalue weighted by atomic mass is 10.0. The van der Waals surface area contributed by atoms with Gasteiger partial charge in [-0.15, -0.1) is 0 Å². The Morgan fingerprint density at radius 1 is 0.963 bits per heavy atom. The Morgan fingerprint density at radius 2 is 1.70 bits per heavy atom. The average molecular weight is 741 g/mol. The third-order valence-corrected chi connectivity index (χ3v) is 9.52. The van der Waals surface area contributed by atoms with E-state index in [1.165, 1.54) is 38.6 Å². The van der Waals surface area contributed by atoms with Crippen LogP contribution in [0.3, 0.4) is 0 Å². The number of halogens is 1. The van der Waals surface area contributed by atoms with E-state index in [0.29, 0.717) is 42.3 Å². The highest BCUT2D eigenvalue weighted by molar-refractivity contribution is 6.06. The third kappa shape index (κ3) is 11.1. The van der Waals surface area contributed by atoms with Gasteiger partial charge < -0.3 is 35.1 Å². The maximum absolute atomic E-state index is 15.1. The molecule has 12 heteroatoms. The smallest absolute Gasteiger partial charge is 0.262 e. The van der Waals surface area contributed by atoms with Crippen molar-refractivity contribution >= 4 is 29.1 Å². The highest BCUT2D eigenvalue weighted by Gasteiger charge is 2.21. The molecule has 1 saturated heterocycles. The van der Waals surface area contributed by atoms with Crippen LogP contribution in [0.1, 0.15) is 85.0 Å². The minimum Gasteiger partial charge on any atom is -0.493 e. The zero-order valence-electron chi connectivity index (χ0n) is 32.3. The van der Waals surface area contributed by atoms with Gasteiger partial charge in [0.25, 0.3) is 5.91 Å². The molecule has 54 heavy (non-hydrogen) atoms. The van der Waals surface area contributed by atoms with E-state index in [0.717, 1.165) is 54.7 Å². The standard InChI is InChI=1S/C42H53FN6O5/c1-7-30(5)45-38(50)17-13-31-12-15-36(37(24-31)52-6)54-41-33(40(51)47-39-28(3)22-27(2)23-29(39)4)26-44-42(48-41)46-32-14-16-35(34(43)25-32)53-21-11-20-49-18-9-8-10-19-49/h12,14-16,22-26,30H,7-11,13,17-21H2,1-6H3,(H,45,50)(H,47,51)(H,44,46,48)/t30-/m1/s1. The van der Waals surface area contributed by atoms with Crippen molar-refractivity contribution in [3.63, 3.8) is 0 Å². The predicted molar refractivity (Wildman–Crippen MR) is 210 cm³/mol. The SMILES string of the molecule is CC[C@@H](C)NC(=O)CCc1ccc(Oc2nc(Nc3ccc(OCCCN4CCCCC4)c(F)c3)ncc2C(=O)Nc2c(C)cc(C)cc2C)c(OC)c1. The van der Waals surface area contributed by atoms with Gasteiger partial charge in [0, 0.05) is 42.6 Å².